The van der Waals surface area contributed by atoms with Crippen molar-refractivity contribution < 1.29 is 0 Å². The highest BCUT2D eigenvalue weighted by Gasteiger charge is 2.55. The summed E-state index contributed by atoms with van der Waals surface area (Å²) in [7, 11) is 1.89. The van der Waals surface area contributed by atoms with Crippen molar-refractivity contribution in [2.75, 3.05) is 13.1 Å². The van der Waals surface area contributed by atoms with Crippen LogP contribution in [0.25, 0.3) is 0 Å². The lowest BCUT2D eigenvalue weighted by molar-refractivity contribution is 0.341. The standard InChI is InChI=1S/C10H16N4.ClH/c1-14-12-7-9(13-14)8-6-10(8)2-4-11-5-3-10;/h7-8,11H,2-6H2,1H3;1H. The normalized spacial score (nSPS) is 27.4. The Balaban J connectivity index is 0.000000853. The summed E-state index contributed by atoms with van der Waals surface area (Å²) in [6.45, 7) is 2.35. The van der Waals surface area contributed by atoms with Gasteiger partial charge in [0.05, 0.1) is 11.9 Å². The number of aryl methyl sites for hydroxylation is 1. The summed E-state index contributed by atoms with van der Waals surface area (Å²) >= 11 is 0. The average Bonchev–Trinajstić information content (AvgIpc) is 2.70. The van der Waals surface area contributed by atoms with Crippen molar-refractivity contribution in [2.24, 2.45) is 12.5 Å². The van der Waals surface area contributed by atoms with E-state index in [0.717, 1.165) is 0 Å². The Morgan fingerprint density at radius 1 is 1.47 bits per heavy atom. The van der Waals surface area contributed by atoms with Crippen molar-refractivity contribution in [1.29, 1.82) is 0 Å². The third-order valence-electron chi connectivity index (χ3n) is 3.76. The van der Waals surface area contributed by atoms with Crippen LogP contribution < -0.4 is 5.32 Å². The van der Waals surface area contributed by atoms with Crippen LogP contribution in [0.15, 0.2) is 6.20 Å². The Morgan fingerprint density at radius 3 is 2.80 bits per heavy atom. The highest BCUT2D eigenvalue weighted by Crippen LogP contribution is 2.63. The van der Waals surface area contributed by atoms with Gasteiger partial charge in [0, 0.05) is 13.0 Å². The van der Waals surface area contributed by atoms with Gasteiger partial charge in [0.1, 0.15) is 0 Å². The van der Waals surface area contributed by atoms with Crippen LogP contribution in [0.5, 0.6) is 0 Å². The lowest BCUT2D eigenvalue weighted by atomic mass is 9.91. The smallest absolute Gasteiger partial charge is 0.0863 e. The highest BCUT2D eigenvalue weighted by atomic mass is 35.5. The first-order valence-corrected chi connectivity index (χ1v) is 5.37. The predicted molar refractivity (Wildman–Crippen MR) is 60.1 cm³/mol. The molecule has 1 saturated heterocycles. The molecule has 15 heavy (non-hydrogen) atoms. The van der Waals surface area contributed by atoms with Gasteiger partial charge >= 0.3 is 0 Å². The first-order valence-electron chi connectivity index (χ1n) is 5.37. The number of piperidine rings is 1. The minimum Gasteiger partial charge on any atom is -0.317 e. The summed E-state index contributed by atoms with van der Waals surface area (Å²) in [5.41, 5.74) is 1.79. The van der Waals surface area contributed by atoms with Gasteiger partial charge in [-0.15, -0.1) is 12.4 Å². The fraction of sp³-hybridized carbons (Fsp3) is 0.800. The topological polar surface area (TPSA) is 42.7 Å². The van der Waals surface area contributed by atoms with Crippen molar-refractivity contribution in [3.8, 4) is 0 Å². The Labute approximate surface area is 95.8 Å². The second-order valence-electron chi connectivity index (χ2n) is 4.63. The quantitative estimate of drug-likeness (QED) is 0.783. The summed E-state index contributed by atoms with van der Waals surface area (Å²) in [4.78, 5) is 1.67. The third-order valence-corrected chi connectivity index (χ3v) is 3.76. The van der Waals surface area contributed by atoms with Crippen molar-refractivity contribution in [3.05, 3.63) is 11.9 Å². The zero-order valence-electron chi connectivity index (χ0n) is 8.94. The highest BCUT2D eigenvalue weighted by molar-refractivity contribution is 5.85. The van der Waals surface area contributed by atoms with E-state index < -0.39 is 0 Å². The van der Waals surface area contributed by atoms with Gasteiger partial charge in [-0.25, -0.2) is 0 Å². The third kappa shape index (κ3) is 1.76. The number of hydrogen-bond acceptors (Lipinski definition) is 3. The molecule has 1 atom stereocenters. The Morgan fingerprint density at radius 2 is 2.20 bits per heavy atom. The summed E-state index contributed by atoms with van der Waals surface area (Å²) in [6.07, 6.45) is 5.89. The van der Waals surface area contributed by atoms with Crippen molar-refractivity contribution in [2.45, 2.75) is 25.2 Å². The summed E-state index contributed by atoms with van der Waals surface area (Å²) in [5.74, 6) is 0.693. The first kappa shape index (κ1) is 10.9. The molecular weight excluding hydrogens is 212 g/mol. The van der Waals surface area contributed by atoms with E-state index in [1.54, 1.807) is 4.80 Å². The number of hydrogen-bond donors (Lipinski definition) is 1. The van der Waals surface area contributed by atoms with Crippen LogP contribution >= 0.6 is 12.4 Å². The zero-order chi connectivity index (χ0) is 9.60. The van der Waals surface area contributed by atoms with E-state index in [1.165, 1.54) is 38.0 Å². The van der Waals surface area contributed by atoms with Crippen LogP contribution in [0.4, 0.5) is 0 Å². The predicted octanol–water partition coefficient (Wildman–Crippen LogP) is 1.09. The molecule has 1 aliphatic carbocycles. The molecule has 84 valence electrons. The minimum absolute atomic E-state index is 0. The maximum Gasteiger partial charge on any atom is 0.0863 e. The fourth-order valence-corrected chi connectivity index (χ4v) is 2.76. The van der Waals surface area contributed by atoms with Gasteiger partial charge < -0.3 is 5.32 Å². The molecule has 1 aromatic rings. The van der Waals surface area contributed by atoms with Gasteiger partial charge in [-0.1, -0.05) is 0 Å². The lowest BCUT2D eigenvalue weighted by Crippen LogP contribution is -2.29. The molecular formula is C10H17ClN4. The number of rotatable bonds is 1. The maximum atomic E-state index is 4.41. The molecule has 3 rings (SSSR count). The first-order chi connectivity index (χ1) is 6.80. The summed E-state index contributed by atoms with van der Waals surface area (Å²) in [6, 6.07) is 0. The van der Waals surface area contributed by atoms with Crippen LogP contribution in [0.3, 0.4) is 0 Å². The number of nitrogens with zero attached hydrogens (tertiary/aromatic N) is 3. The molecule has 1 saturated carbocycles. The number of aromatic nitrogens is 3. The molecule has 1 aliphatic heterocycles. The van der Waals surface area contributed by atoms with E-state index in [-0.39, 0.29) is 12.4 Å². The van der Waals surface area contributed by atoms with E-state index in [4.69, 9.17) is 0 Å². The van der Waals surface area contributed by atoms with E-state index in [1.807, 2.05) is 13.2 Å². The van der Waals surface area contributed by atoms with Crippen molar-refractivity contribution in [3.63, 3.8) is 0 Å². The molecule has 0 bridgehead atoms. The molecule has 2 heterocycles. The van der Waals surface area contributed by atoms with Gasteiger partial charge in [0.25, 0.3) is 0 Å². The number of halogens is 1. The SMILES string of the molecule is Cl.Cn1ncc(C2CC23CCNCC3)n1. The summed E-state index contributed by atoms with van der Waals surface area (Å²) < 4.78 is 0. The van der Waals surface area contributed by atoms with Gasteiger partial charge in [-0.3, -0.25) is 0 Å². The molecule has 2 fully saturated rings. The second-order valence-corrected chi connectivity index (χ2v) is 4.63. The van der Waals surface area contributed by atoms with E-state index in [0.29, 0.717) is 11.3 Å². The molecule has 5 heteroatoms. The molecule has 0 amide bonds. The molecule has 4 nitrogen and oxygen atoms in total. The molecule has 1 spiro atoms. The van der Waals surface area contributed by atoms with Crippen molar-refractivity contribution >= 4 is 12.4 Å². The van der Waals surface area contributed by atoms with E-state index in [9.17, 15) is 0 Å². The second kappa shape index (κ2) is 3.76. The van der Waals surface area contributed by atoms with Crippen molar-refractivity contribution in [1.82, 2.24) is 20.3 Å². The molecule has 0 radical (unpaired) electrons. The molecule has 0 aromatic carbocycles. The minimum atomic E-state index is 0. The van der Waals surface area contributed by atoms with Gasteiger partial charge in [0.15, 0.2) is 0 Å². The monoisotopic (exact) mass is 228 g/mol. The maximum absolute atomic E-state index is 4.41. The zero-order valence-corrected chi connectivity index (χ0v) is 9.76. The molecule has 1 unspecified atom stereocenters. The van der Waals surface area contributed by atoms with Crippen LogP contribution in [0.2, 0.25) is 0 Å². The summed E-state index contributed by atoms with van der Waals surface area (Å²) in [5, 5.41) is 12.0. The van der Waals surface area contributed by atoms with Gasteiger partial charge in [-0.05, 0) is 37.8 Å². The Bertz CT molecular complexity index is 343. The van der Waals surface area contributed by atoms with Crippen LogP contribution in [-0.4, -0.2) is 28.1 Å². The van der Waals surface area contributed by atoms with E-state index in [2.05, 4.69) is 15.5 Å². The molecule has 2 aliphatic rings. The fourth-order valence-electron chi connectivity index (χ4n) is 2.76. The van der Waals surface area contributed by atoms with Gasteiger partial charge in [-0.2, -0.15) is 15.0 Å². The Hall–Kier alpha value is -0.610. The van der Waals surface area contributed by atoms with Gasteiger partial charge in [0.2, 0.25) is 0 Å². The van der Waals surface area contributed by atoms with E-state index >= 15 is 0 Å². The van der Waals surface area contributed by atoms with Crippen LogP contribution in [0.1, 0.15) is 30.9 Å². The molecule has 1 N–H and O–H groups in total. The average molecular weight is 229 g/mol. The lowest BCUT2D eigenvalue weighted by Gasteiger charge is -2.22. The Kier molecular flexibility index (Phi) is 2.73. The van der Waals surface area contributed by atoms with Crippen LogP contribution in [-0.2, 0) is 7.05 Å². The van der Waals surface area contributed by atoms with Crippen LogP contribution in [0, 0.1) is 5.41 Å². The number of nitrogens with one attached hydrogen (secondary N) is 1. The molecule has 1 aromatic heterocycles. The largest absolute Gasteiger partial charge is 0.317 e.